The molecule has 0 aliphatic heterocycles. The van der Waals surface area contributed by atoms with Crippen molar-refractivity contribution in [3.8, 4) is 17.2 Å². The smallest absolute Gasteiger partial charge is 0.407 e. The molecular formula is C26H29N3O6. The van der Waals surface area contributed by atoms with E-state index in [9.17, 15) is 19.5 Å². The Bertz CT molecular complexity index is 1080. The summed E-state index contributed by atoms with van der Waals surface area (Å²) in [5.41, 5.74) is 2.62. The van der Waals surface area contributed by atoms with E-state index in [1.165, 1.54) is 14.0 Å². The van der Waals surface area contributed by atoms with Gasteiger partial charge in [-0.25, -0.2) is 9.59 Å². The van der Waals surface area contributed by atoms with Crippen molar-refractivity contribution in [1.29, 1.82) is 5.26 Å². The van der Waals surface area contributed by atoms with Crippen molar-refractivity contribution in [3.05, 3.63) is 59.7 Å². The number of hydrogen-bond acceptors (Lipinski definition) is 6. The topological polar surface area (TPSA) is 138 Å². The van der Waals surface area contributed by atoms with Crippen LogP contribution in [0.1, 0.15) is 43.2 Å². The number of unbranched alkanes of at least 4 members (excludes halogenated alkanes) is 1. The number of hydrogen-bond donors (Lipinski definition) is 3. The summed E-state index contributed by atoms with van der Waals surface area (Å²) in [6.07, 6.45) is -0.129. The fourth-order valence-electron chi connectivity index (χ4n) is 4.24. The molecule has 184 valence electrons. The average molecular weight is 480 g/mol. The highest BCUT2D eigenvalue weighted by molar-refractivity contribution is 5.91. The molecule has 3 N–H and O–H groups in total. The second-order valence-corrected chi connectivity index (χ2v) is 8.63. The highest BCUT2D eigenvalue weighted by Crippen LogP contribution is 2.44. The van der Waals surface area contributed by atoms with Crippen LogP contribution < -0.4 is 10.6 Å². The minimum atomic E-state index is -1.68. The number of nitriles is 1. The quantitative estimate of drug-likeness (QED) is 0.421. The van der Waals surface area contributed by atoms with E-state index in [0.717, 1.165) is 22.3 Å². The zero-order chi connectivity index (χ0) is 25.4. The molecule has 9 heteroatoms. The highest BCUT2D eigenvalue weighted by Gasteiger charge is 2.37. The highest BCUT2D eigenvalue weighted by atomic mass is 16.5. The molecule has 0 bridgehead atoms. The van der Waals surface area contributed by atoms with Crippen molar-refractivity contribution in [3.63, 3.8) is 0 Å². The Morgan fingerprint density at radius 2 is 1.71 bits per heavy atom. The van der Waals surface area contributed by atoms with Gasteiger partial charge in [0.2, 0.25) is 5.91 Å². The zero-order valence-corrected chi connectivity index (χ0v) is 19.7. The zero-order valence-electron chi connectivity index (χ0n) is 19.7. The SMILES string of the molecule is COCC(C)(NC(=O)C(CCCC#N)NC(=O)OCC1c2ccccc2-c2ccccc21)C(=O)O. The van der Waals surface area contributed by atoms with Crippen LogP contribution in [-0.4, -0.2) is 55.0 Å². The largest absolute Gasteiger partial charge is 0.479 e. The minimum absolute atomic E-state index is 0.0723. The summed E-state index contributed by atoms with van der Waals surface area (Å²) in [7, 11) is 1.33. The molecule has 0 saturated carbocycles. The first-order valence-electron chi connectivity index (χ1n) is 11.3. The lowest BCUT2D eigenvalue weighted by Gasteiger charge is -2.28. The van der Waals surface area contributed by atoms with Gasteiger partial charge in [0.15, 0.2) is 5.54 Å². The van der Waals surface area contributed by atoms with Crippen LogP contribution in [0.3, 0.4) is 0 Å². The molecule has 2 amide bonds. The number of carboxylic acid groups (broad SMARTS) is 1. The van der Waals surface area contributed by atoms with Crippen LogP contribution in [0.4, 0.5) is 4.79 Å². The summed E-state index contributed by atoms with van der Waals surface area (Å²) in [5.74, 6) is -2.11. The molecule has 0 spiro atoms. The molecule has 2 atom stereocenters. The molecule has 0 heterocycles. The van der Waals surface area contributed by atoms with E-state index in [1.807, 2.05) is 54.6 Å². The lowest BCUT2D eigenvalue weighted by molar-refractivity contribution is -0.149. The van der Waals surface area contributed by atoms with E-state index >= 15 is 0 Å². The maximum absolute atomic E-state index is 12.9. The first-order chi connectivity index (χ1) is 16.8. The van der Waals surface area contributed by atoms with Crippen molar-refractivity contribution < 1.29 is 29.0 Å². The third-order valence-corrected chi connectivity index (χ3v) is 6.04. The fraction of sp³-hybridized carbons (Fsp3) is 0.385. The number of carbonyl (C=O) groups excluding carboxylic acids is 2. The Morgan fingerprint density at radius 1 is 1.11 bits per heavy atom. The van der Waals surface area contributed by atoms with E-state index in [0.29, 0.717) is 6.42 Å². The van der Waals surface area contributed by atoms with Crippen molar-refractivity contribution in [2.45, 2.75) is 43.7 Å². The summed E-state index contributed by atoms with van der Waals surface area (Å²) in [6.45, 7) is 1.13. The van der Waals surface area contributed by atoms with Crippen molar-refractivity contribution >= 4 is 18.0 Å². The third-order valence-electron chi connectivity index (χ3n) is 6.04. The van der Waals surface area contributed by atoms with Gasteiger partial charge in [-0.3, -0.25) is 4.79 Å². The van der Waals surface area contributed by atoms with Crippen LogP contribution in [0, 0.1) is 11.3 Å². The summed E-state index contributed by atoms with van der Waals surface area (Å²) in [6, 6.07) is 16.8. The number of alkyl carbamates (subject to hydrolysis) is 1. The summed E-state index contributed by atoms with van der Waals surface area (Å²) in [5, 5.41) is 23.3. The first kappa shape index (κ1) is 25.7. The van der Waals surface area contributed by atoms with Crippen LogP contribution in [0.2, 0.25) is 0 Å². The number of aliphatic carboxylic acids is 1. The van der Waals surface area contributed by atoms with Crippen LogP contribution >= 0.6 is 0 Å². The predicted octanol–water partition coefficient (Wildman–Crippen LogP) is 3.19. The number of amides is 2. The second kappa shape index (κ2) is 11.5. The van der Waals surface area contributed by atoms with E-state index < -0.39 is 29.6 Å². The normalized spacial score (nSPS) is 14.5. The van der Waals surface area contributed by atoms with Gasteiger partial charge in [0.1, 0.15) is 12.6 Å². The van der Waals surface area contributed by atoms with Gasteiger partial charge in [-0.1, -0.05) is 48.5 Å². The molecular weight excluding hydrogens is 450 g/mol. The van der Waals surface area contributed by atoms with E-state index in [2.05, 4.69) is 10.6 Å². The fourth-order valence-corrected chi connectivity index (χ4v) is 4.24. The molecule has 1 aliphatic carbocycles. The predicted molar refractivity (Wildman–Crippen MR) is 128 cm³/mol. The molecule has 3 rings (SSSR count). The van der Waals surface area contributed by atoms with Crippen molar-refractivity contribution in [2.75, 3.05) is 20.3 Å². The van der Waals surface area contributed by atoms with Crippen LogP contribution in [0.15, 0.2) is 48.5 Å². The number of rotatable bonds is 11. The van der Waals surface area contributed by atoms with Gasteiger partial charge in [0.25, 0.3) is 0 Å². The number of methoxy groups -OCH3 is 1. The average Bonchev–Trinajstić information content (AvgIpc) is 3.16. The number of nitrogens with one attached hydrogen (secondary N) is 2. The lowest BCUT2D eigenvalue weighted by Crippen LogP contribution is -2.60. The van der Waals surface area contributed by atoms with Crippen molar-refractivity contribution in [1.82, 2.24) is 10.6 Å². The Morgan fingerprint density at radius 3 is 2.26 bits per heavy atom. The van der Waals surface area contributed by atoms with Crippen LogP contribution in [0.25, 0.3) is 11.1 Å². The molecule has 9 nitrogen and oxygen atoms in total. The van der Waals surface area contributed by atoms with Gasteiger partial charge in [0, 0.05) is 19.4 Å². The molecule has 0 fully saturated rings. The van der Waals surface area contributed by atoms with Gasteiger partial charge in [-0.05, 0) is 42.0 Å². The Labute approximate surface area is 204 Å². The number of benzene rings is 2. The van der Waals surface area contributed by atoms with Gasteiger partial charge >= 0.3 is 12.1 Å². The number of nitrogens with zero attached hydrogens (tertiary/aromatic N) is 1. The van der Waals surface area contributed by atoms with Gasteiger partial charge < -0.3 is 25.2 Å². The molecule has 1 aliphatic rings. The number of carbonyl (C=O) groups is 3. The summed E-state index contributed by atoms with van der Waals surface area (Å²) in [4.78, 5) is 37.2. The molecule has 2 unspecified atom stereocenters. The molecule has 35 heavy (non-hydrogen) atoms. The van der Waals surface area contributed by atoms with Crippen LogP contribution in [-0.2, 0) is 19.1 Å². The van der Waals surface area contributed by atoms with Gasteiger partial charge in [-0.2, -0.15) is 5.26 Å². The van der Waals surface area contributed by atoms with Crippen LogP contribution in [0.5, 0.6) is 0 Å². The number of carboxylic acids is 1. The Kier molecular flexibility index (Phi) is 8.44. The Balaban J connectivity index is 1.68. The number of fused-ring (bicyclic) bond motifs is 3. The van der Waals surface area contributed by atoms with E-state index in [1.54, 1.807) is 0 Å². The third kappa shape index (κ3) is 5.97. The molecule has 0 radical (unpaired) electrons. The van der Waals surface area contributed by atoms with Crippen molar-refractivity contribution in [2.24, 2.45) is 0 Å². The molecule has 0 saturated heterocycles. The second-order valence-electron chi connectivity index (χ2n) is 8.63. The molecule has 2 aromatic carbocycles. The lowest BCUT2D eigenvalue weighted by atomic mass is 9.98. The monoisotopic (exact) mass is 479 g/mol. The number of ether oxygens (including phenoxy) is 2. The van der Waals surface area contributed by atoms with E-state index in [-0.39, 0.29) is 32.0 Å². The molecule has 2 aromatic rings. The maximum atomic E-state index is 12.9. The molecule has 0 aromatic heterocycles. The minimum Gasteiger partial charge on any atom is -0.479 e. The maximum Gasteiger partial charge on any atom is 0.407 e. The van der Waals surface area contributed by atoms with Gasteiger partial charge in [0.05, 0.1) is 12.7 Å². The standard InChI is InChI=1S/C26H29N3O6/c1-26(16-34-2,24(31)32)29-23(30)22(13-7-8-14-27)28-25(33)35-15-21-19-11-5-3-9-17(19)18-10-4-6-12-20(18)21/h3-6,9-12,21-22H,7-8,13,15-16H2,1-2H3,(H,28,33)(H,29,30)(H,31,32). The van der Waals surface area contributed by atoms with E-state index in [4.69, 9.17) is 14.7 Å². The summed E-state index contributed by atoms with van der Waals surface area (Å²) >= 11 is 0. The Hall–Kier alpha value is -3.90. The summed E-state index contributed by atoms with van der Waals surface area (Å²) < 4.78 is 10.4. The van der Waals surface area contributed by atoms with Gasteiger partial charge in [-0.15, -0.1) is 0 Å². The first-order valence-corrected chi connectivity index (χ1v) is 11.3.